The highest BCUT2D eigenvalue weighted by molar-refractivity contribution is 8.00. The summed E-state index contributed by atoms with van der Waals surface area (Å²) in [6, 6.07) is 15.6. The van der Waals surface area contributed by atoms with Crippen LogP contribution in [0.1, 0.15) is 24.7 Å². The Balaban J connectivity index is 1.70. The summed E-state index contributed by atoms with van der Waals surface area (Å²) >= 11 is 9.15. The Morgan fingerprint density at radius 1 is 1.26 bits per heavy atom. The van der Waals surface area contributed by atoms with Gasteiger partial charge in [0, 0.05) is 22.2 Å². The van der Waals surface area contributed by atoms with Gasteiger partial charge >= 0.3 is 0 Å². The van der Waals surface area contributed by atoms with Crippen LogP contribution in [0.5, 0.6) is 0 Å². The van der Waals surface area contributed by atoms with Crippen molar-refractivity contribution < 1.29 is 4.79 Å². The molecule has 162 valence electrons. The standard InChI is InChI=1S/C23H25ClN4OS2/c1-4-13-28-21(15-30-19-11-9-16(3)10-12-19)26-27-23(28)31-20(5-2)22(29)25-18-8-6-7-17(24)14-18/h4,6-12,14,20H,1,5,13,15H2,2-3H3,(H,25,29). The average molecular weight is 473 g/mol. The first kappa shape index (κ1) is 23.4. The highest BCUT2D eigenvalue weighted by atomic mass is 35.5. The zero-order valence-corrected chi connectivity index (χ0v) is 19.9. The number of amides is 1. The topological polar surface area (TPSA) is 59.8 Å². The third kappa shape index (κ3) is 6.63. The molecule has 8 heteroatoms. The van der Waals surface area contributed by atoms with Gasteiger partial charge < -0.3 is 9.88 Å². The lowest BCUT2D eigenvalue weighted by Gasteiger charge is -2.15. The Morgan fingerprint density at radius 2 is 2.03 bits per heavy atom. The predicted octanol–water partition coefficient (Wildman–Crippen LogP) is 6.23. The fourth-order valence-corrected chi connectivity index (χ4v) is 4.86. The van der Waals surface area contributed by atoms with Gasteiger partial charge in [0.1, 0.15) is 5.82 Å². The van der Waals surface area contributed by atoms with E-state index in [0.717, 1.165) is 5.82 Å². The zero-order valence-electron chi connectivity index (χ0n) is 17.5. The quantitative estimate of drug-likeness (QED) is 0.280. The fourth-order valence-electron chi connectivity index (χ4n) is 2.85. The van der Waals surface area contributed by atoms with Gasteiger partial charge in [-0.05, 0) is 43.7 Å². The van der Waals surface area contributed by atoms with Crippen molar-refractivity contribution in [2.24, 2.45) is 0 Å². The zero-order chi connectivity index (χ0) is 22.2. The molecule has 0 fully saturated rings. The number of aromatic nitrogens is 3. The number of thioether (sulfide) groups is 2. The molecule has 0 saturated heterocycles. The van der Waals surface area contributed by atoms with E-state index in [2.05, 4.69) is 53.3 Å². The van der Waals surface area contributed by atoms with Crippen molar-refractivity contribution in [3.05, 3.63) is 77.6 Å². The molecule has 1 atom stereocenters. The monoisotopic (exact) mass is 472 g/mol. The number of nitrogens with zero attached hydrogens (tertiary/aromatic N) is 3. The number of allylic oxidation sites excluding steroid dienone is 1. The summed E-state index contributed by atoms with van der Waals surface area (Å²) in [6.45, 7) is 8.51. The lowest BCUT2D eigenvalue weighted by molar-refractivity contribution is -0.115. The molecule has 0 aliphatic rings. The van der Waals surface area contributed by atoms with E-state index in [1.54, 1.807) is 23.9 Å². The number of halogens is 1. The number of carbonyl (C=O) groups is 1. The first-order valence-electron chi connectivity index (χ1n) is 9.95. The van der Waals surface area contributed by atoms with Crippen LogP contribution in [0.15, 0.2) is 71.2 Å². The Labute approximate surface area is 196 Å². The maximum atomic E-state index is 12.8. The van der Waals surface area contributed by atoms with Crippen LogP contribution in [0.25, 0.3) is 0 Å². The van der Waals surface area contributed by atoms with Crippen molar-refractivity contribution >= 4 is 46.7 Å². The van der Waals surface area contributed by atoms with Gasteiger partial charge in [-0.2, -0.15) is 0 Å². The minimum absolute atomic E-state index is 0.0847. The predicted molar refractivity (Wildman–Crippen MR) is 131 cm³/mol. The molecule has 0 bridgehead atoms. The van der Waals surface area contributed by atoms with E-state index in [4.69, 9.17) is 11.6 Å². The second-order valence-electron chi connectivity index (χ2n) is 6.91. The summed E-state index contributed by atoms with van der Waals surface area (Å²) < 4.78 is 2.02. The molecule has 1 amide bonds. The molecule has 31 heavy (non-hydrogen) atoms. The number of anilines is 1. The van der Waals surface area contributed by atoms with Gasteiger partial charge in [-0.3, -0.25) is 4.79 Å². The molecule has 1 unspecified atom stereocenters. The van der Waals surface area contributed by atoms with Crippen LogP contribution in [0.2, 0.25) is 5.02 Å². The van der Waals surface area contributed by atoms with Crippen LogP contribution < -0.4 is 5.32 Å². The molecule has 0 radical (unpaired) electrons. The van der Waals surface area contributed by atoms with Crippen LogP contribution in [-0.4, -0.2) is 25.9 Å². The van der Waals surface area contributed by atoms with Crippen LogP contribution in [0.4, 0.5) is 5.69 Å². The van der Waals surface area contributed by atoms with Gasteiger partial charge in [0.15, 0.2) is 5.16 Å². The van der Waals surface area contributed by atoms with Crippen molar-refractivity contribution in [3.63, 3.8) is 0 Å². The molecular formula is C23H25ClN4OS2. The van der Waals surface area contributed by atoms with E-state index in [1.807, 2.05) is 29.7 Å². The number of rotatable bonds is 10. The maximum absolute atomic E-state index is 12.8. The smallest absolute Gasteiger partial charge is 0.237 e. The summed E-state index contributed by atoms with van der Waals surface area (Å²) in [7, 11) is 0. The van der Waals surface area contributed by atoms with Gasteiger partial charge in [-0.1, -0.05) is 60.1 Å². The molecule has 0 spiro atoms. The first-order chi connectivity index (χ1) is 15.0. The van der Waals surface area contributed by atoms with Crippen LogP contribution in [-0.2, 0) is 17.1 Å². The van der Waals surface area contributed by atoms with Gasteiger partial charge in [0.2, 0.25) is 5.91 Å². The molecule has 1 N–H and O–H groups in total. The van der Waals surface area contributed by atoms with Gasteiger partial charge in [0.25, 0.3) is 0 Å². The molecule has 0 saturated carbocycles. The van der Waals surface area contributed by atoms with Crippen molar-refractivity contribution in [2.75, 3.05) is 5.32 Å². The van der Waals surface area contributed by atoms with Crippen LogP contribution in [0, 0.1) is 6.92 Å². The van der Waals surface area contributed by atoms with Crippen LogP contribution >= 0.6 is 35.1 Å². The molecule has 2 aromatic carbocycles. The third-order valence-electron chi connectivity index (χ3n) is 4.50. The van der Waals surface area contributed by atoms with Crippen molar-refractivity contribution in [1.82, 2.24) is 14.8 Å². The highest BCUT2D eigenvalue weighted by Crippen LogP contribution is 2.29. The summed E-state index contributed by atoms with van der Waals surface area (Å²) in [6.07, 6.45) is 2.48. The van der Waals surface area contributed by atoms with Crippen LogP contribution in [0.3, 0.4) is 0 Å². The molecular weight excluding hydrogens is 448 g/mol. The number of nitrogens with one attached hydrogen (secondary N) is 1. The molecule has 0 aliphatic heterocycles. The fraction of sp³-hybridized carbons (Fsp3) is 0.261. The minimum Gasteiger partial charge on any atom is -0.325 e. The molecule has 0 aliphatic carbocycles. The molecule has 3 rings (SSSR count). The largest absolute Gasteiger partial charge is 0.325 e. The summed E-state index contributed by atoms with van der Waals surface area (Å²) in [5, 5.41) is 12.7. The van der Waals surface area contributed by atoms with Gasteiger partial charge in [-0.15, -0.1) is 28.5 Å². The molecule has 3 aromatic rings. The van der Waals surface area contributed by atoms with Gasteiger partial charge in [0.05, 0.1) is 11.0 Å². The maximum Gasteiger partial charge on any atom is 0.237 e. The highest BCUT2D eigenvalue weighted by Gasteiger charge is 2.22. The number of benzene rings is 2. The van der Waals surface area contributed by atoms with E-state index in [-0.39, 0.29) is 11.2 Å². The Bertz CT molecular complexity index is 1040. The summed E-state index contributed by atoms with van der Waals surface area (Å²) in [5.41, 5.74) is 1.92. The van der Waals surface area contributed by atoms with Crippen molar-refractivity contribution in [1.29, 1.82) is 0 Å². The lowest BCUT2D eigenvalue weighted by Crippen LogP contribution is -2.25. The Hall–Kier alpha value is -2.22. The number of aryl methyl sites for hydroxylation is 1. The number of hydrogen-bond donors (Lipinski definition) is 1. The molecule has 1 aromatic heterocycles. The molecule has 5 nitrogen and oxygen atoms in total. The van der Waals surface area contributed by atoms with E-state index >= 15 is 0 Å². The van der Waals surface area contributed by atoms with Crippen molar-refractivity contribution in [3.8, 4) is 0 Å². The Kier molecular flexibility index (Phi) is 8.63. The second-order valence-corrected chi connectivity index (χ2v) is 9.57. The average Bonchev–Trinajstić information content (AvgIpc) is 3.13. The Morgan fingerprint density at radius 3 is 2.71 bits per heavy atom. The molecule has 1 heterocycles. The van der Waals surface area contributed by atoms with E-state index in [9.17, 15) is 4.79 Å². The third-order valence-corrected chi connectivity index (χ3v) is 7.09. The SMILES string of the molecule is C=CCn1c(CSc2ccc(C)cc2)nnc1SC(CC)C(=O)Nc1cccc(Cl)c1. The van der Waals surface area contributed by atoms with E-state index in [1.165, 1.54) is 22.2 Å². The van der Waals surface area contributed by atoms with E-state index < -0.39 is 0 Å². The second kappa shape index (κ2) is 11.4. The van der Waals surface area contributed by atoms with Crippen molar-refractivity contribution in [2.45, 2.75) is 47.9 Å². The first-order valence-corrected chi connectivity index (χ1v) is 12.2. The lowest BCUT2D eigenvalue weighted by atomic mass is 10.2. The summed E-state index contributed by atoms with van der Waals surface area (Å²) in [4.78, 5) is 14.0. The minimum atomic E-state index is -0.302. The number of hydrogen-bond acceptors (Lipinski definition) is 5. The van der Waals surface area contributed by atoms with E-state index in [0.29, 0.717) is 34.6 Å². The summed E-state index contributed by atoms with van der Waals surface area (Å²) in [5.74, 6) is 1.47. The normalized spacial score (nSPS) is 11.8. The number of carbonyl (C=O) groups excluding carboxylic acids is 1. The van der Waals surface area contributed by atoms with Gasteiger partial charge in [-0.25, -0.2) is 0 Å².